The van der Waals surface area contributed by atoms with Gasteiger partial charge in [0.25, 0.3) is 5.92 Å². The maximum Gasteiger partial charge on any atom is 0.376 e. The second-order valence-corrected chi connectivity index (χ2v) is 7.14. The molecule has 1 atom stereocenters. The van der Waals surface area contributed by atoms with Crippen molar-refractivity contribution in [2.75, 3.05) is 6.61 Å². The van der Waals surface area contributed by atoms with Crippen molar-refractivity contribution in [2.24, 2.45) is 11.8 Å². The van der Waals surface area contributed by atoms with Gasteiger partial charge in [-0.25, -0.2) is 18.4 Å². The summed E-state index contributed by atoms with van der Waals surface area (Å²) in [4.78, 5) is 22.9. The Morgan fingerprint density at radius 1 is 1.27 bits per heavy atom. The van der Waals surface area contributed by atoms with Crippen LogP contribution in [0.1, 0.15) is 59.3 Å². The Labute approximate surface area is 150 Å². The van der Waals surface area contributed by atoms with Gasteiger partial charge in [0, 0.05) is 24.8 Å². The van der Waals surface area contributed by atoms with Crippen LogP contribution >= 0.6 is 0 Å². The molecule has 0 spiro atoms. The summed E-state index contributed by atoms with van der Waals surface area (Å²) in [6.07, 6.45) is -2.05. The Morgan fingerprint density at radius 2 is 1.88 bits per heavy atom. The van der Waals surface area contributed by atoms with Crippen LogP contribution in [0.15, 0.2) is 11.1 Å². The van der Waals surface area contributed by atoms with Gasteiger partial charge in [-0.15, -0.1) is 0 Å². The second kappa shape index (κ2) is 8.86. The molecular formula is C18H26F4O4. The zero-order valence-electron chi connectivity index (χ0n) is 15.3. The number of halogens is 4. The number of carbonyl (C=O) groups is 2. The van der Waals surface area contributed by atoms with Gasteiger partial charge in [-0.3, -0.25) is 0 Å². The fourth-order valence-electron chi connectivity index (χ4n) is 3.16. The summed E-state index contributed by atoms with van der Waals surface area (Å²) in [6, 6.07) is 0. The molecule has 8 heteroatoms. The third-order valence-electron chi connectivity index (χ3n) is 4.50. The third kappa shape index (κ3) is 6.29. The van der Waals surface area contributed by atoms with E-state index < -0.39 is 54.5 Å². The van der Waals surface area contributed by atoms with Crippen LogP contribution < -0.4 is 0 Å². The highest BCUT2D eigenvalue weighted by molar-refractivity contribution is 5.88. The van der Waals surface area contributed by atoms with Crippen molar-refractivity contribution in [3.63, 3.8) is 0 Å². The Balaban J connectivity index is 3.19. The van der Waals surface area contributed by atoms with Gasteiger partial charge in [-0.2, -0.15) is 8.78 Å². The molecule has 0 radical (unpaired) electrons. The minimum absolute atomic E-state index is 0.105. The van der Waals surface area contributed by atoms with E-state index in [9.17, 15) is 32.3 Å². The molecule has 0 saturated carbocycles. The number of carboxylic acids is 1. The number of allylic oxidation sites excluding steroid dienone is 1. The van der Waals surface area contributed by atoms with Gasteiger partial charge >= 0.3 is 17.9 Å². The molecule has 0 aliphatic heterocycles. The summed E-state index contributed by atoms with van der Waals surface area (Å²) in [5, 5.41) is 9.29. The van der Waals surface area contributed by atoms with Gasteiger partial charge in [0.1, 0.15) is 0 Å². The fraction of sp³-hybridized carbons (Fsp3) is 0.778. The van der Waals surface area contributed by atoms with E-state index in [4.69, 9.17) is 0 Å². The molecular weight excluding hydrogens is 356 g/mol. The molecule has 1 aliphatic carbocycles. The van der Waals surface area contributed by atoms with Crippen molar-refractivity contribution >= 4 is 11.9 Å². The molecule has 0 aromatic rings. The lowest BCUT2D eigenvalue weighted by atomic mass is 9.77. The molecule has 0 saturated heterocycles. The maximum absolute atomic E-state index is 14.2. The van der Waals surface area contributed by atoms with E-state index >= 15 is 0 Å². The molecule has 1 N–H and O–H groups in total. The second-order valence-electron chi connectivity index (χ2n) is 7.14. The first kappa shape index (κ1) is 22.4. The molecule has 1 rings (SSSR count). The number of hydrogen-bond donors (Lipinski definition) is 1. The van der Waals surface area contributed by atoms with Crippen molar-refractivity contribution in [3.8, 4) is 0 Å². The average Bonchev–Trinajstić information content (AvgIpc) is 2.50. The Hall–Kier alpha value is -1.60. The molecule has 0 aromatic carbocycles. The molecule has 0 fully saturated rings. The molecule has 0 bridgehead atoms. The third-order valence-corrected chi connectivity index (χ3v) is 4.50. The Kier molecular flexibility index (Phi) is 7.65. The zero-order chi connectivity index (χ0) is 20.1. The summed E-state index contributed by atoms with van der Waals surface area (Å²) in [7, 11) is 0. The van der Waals surface area contributed by atoms with Crippen LogP contribution in [0.3, 0.4) is 0 Å². The number of esters is 1. The van der Waals surface area contributed by atoms with Crippen LogP contribution in [0, 0.1) is 11.8 Å². The molecule has 0 amide bonds. The topological polar surface area (TPSA) is 63.6 Å². The van der Waals surface area contributed by atoms with E-state index in [-0.39, 0.29) is 30.9 Å². The minimum Gasteiger partial charge on any atom is -0.478 e. The van der Waals surface area contributed by atoms with Crippen LogP contribution in [0.25, 0.3) is 0 Å². The maximum atomic E-state index is 14.2. The SMILES string of the molecule is CCOC(=O)C(F)(F)CC(CCC(C)C)C1=C(C(=O)O)CC(F)(F)CC1. The van der Waals surface area contributed by atoms with Gasteiger partial charge in [0.15, 0.2) is 0 Å². The number of carboxylic acid groups (broad SMARTS) is 1. The smallest absolute Gasteiger partial charge is 0.376 e. The fourth-order valence-corrected chi connectivity index (χ4v) is 3.16. The number of carbonyl (C=O) groups excluding carboxylic acids is 1. The molecule has 1 unspecified atom stereocenters. The predicted octanol–water partition coefficient (Wildman–Crippen LogP) is 4.83. The van der Waals surface area contributed by atoms with Crippen LogP contribution in [0.4, 0.5) is 17.6 Å². The monoisotopic (exact) mass is 382 g/mol. The Bertz CT molecular complexity index is 555. The highest BCUT2D eigenvalue weighted by Gasteiger charge is 2.46. The number of aliphatic carboxylic acids is 1. The van der Waals surface area contributed by atoms with E-state index in [1.54, 1.807) is 0 Å². The number of rotatable bonds is 9. The molecule has 4 nitrogen and oxygen atoms in total. The van der Waals surface area contributed by atoms with Crippen LogP contribution in [-0.4, -0.2) is 35.5 Å². The summed E-state index contributed by atoms with van der Waals surface area (Å²) in [6.45, 7) is 4.95. The normalized spacial score (nSPS) is 18.8. The van der Waals surface area contributed by atoms with Crippen molar-refractivity contribution in [1.82, 2.24) is 0 Å². The van der Waals surface area contributed by atoms with Crippen molar-refractivity contribution in [3.05, 3.63) is 11.1 Å². The molecule has 1 aliphatic rings. The predicted molar refractivity (Wildman–Crippen MR) is 87.2 cm³/mol. The molecule has 26 heavy (non-hydrogen) atoms. The summed E-state index contributed by atoms with van der Waals surface area (Å²) in [5.74, 6) is -11.0. The molecule has 0 heterocycles. The Morgan fingerprint density at radius 3 is 2.38 bits per heavy atom. The van der Waals surface area contributed by atoms with E-state index in [2.05, 4.69) is 4.74 Å². The lowest BCUT2D eigenvalue weighted by Gasteiger charge is -2.31. The standard InChI is InChI=1S/C18H26F4O4/c1-4-26-16(25)18(21,22)9-12(6-5-11(2)3)13-7-8-17(19,20)10-14(13)15(23)24/h11-12H,4-10H2,1-3H3,(H,23,24). The van der Waals surface area contributed by atoms with Crippen LogP contribution in [0.2, 0.25) is 0 Å². The quantitative estimate of drug-likeness (QED) is 0.458. The van der Waals surface area contributed by atoms with E-state index in [1.165, 1.54) is 6.92 Å². The lowest BCUT2D eigenvalue weighted by Crippen LogP contribution is -2.35. The van der Waals surface area contributed by atoms with E-state index in [0.717, 1.165) is 0 Å². The molecule has 150 valence electrons. The zero-order valence-corrected chi connectivity index (χ0v) is 15.3. The number of alkyl halides is 4. The average molecular weight is 382 g/mol. The largest absolute Gasteiger partial charge is 0.478 e. The summed E-state index contributed by atoms with van der Waals surface area (Å²) in [5.41, 5.74) is -0.400. The first-order valence-electron chi connectivity index (χ1n) is 8.77. The highest BCUT2D eigenvalue weighted by atomic mass is 19.3. The van der Waals surface area contributed by atoms with Crippen molar-refractivity contribution < 1.29 is 37.0 Å². The van der Waals surface area contributed by atoms with Gasteiger partial charge in [0.05, 0.1) is 6.61 Å². The van der Waals surface area contributed by atoms with Gasteiger partial charge in [-0.05, 0) is 31.6 Å². The lowest BCUT2D eigenvalue weighted by molar-refractivity contribution is -0.173. The minimum atomic E-state index is -3.80. The van der Waals surface area contributed by atoms with E-state index in [0.29, 0.717) is 6.42 Å². The van der Waals surface area contributed by atoms with Crippen molar-refractivity contribution in [1.29, 1.82) is 0 Å². The molecule has 0 aromatic heterocycles. The van der Waals surface area contributed by atoms with Crippen LogP contribution in [0.5, 0.6) is 0 Å². The van der Waals surface area contributed by atoms with Crippen LogP contribution in [-0.2, 0) is 14.3 Å². The first-order chi connectivity index (χ1) is 11.9. The number of ether oxygens (including phenoxy) is 1. The number of hydrogen-bond acceptors (Lipinski definition) is 3. The van der Waals surface area contributed by atoms with E-state index in [1.807, 2.05) is 13.8 Å². The van der Waals surface area contributed by atoms with Crippen molar-refractivity contribution in [2.45, 2.75) is 71.1 Å². The highest BCUT2D eigenvalue weighted by Crippen LogP contribution is 2.43. The first-order valence-corrected chi connectivity index (χ1v) is 8.77. The van der Waals surface area contributed by atoms with Gasteiger partial charge < -0.3 is 9.84 Å². The van der Waals surface area contributed by atoms with Gasteiger partial charge in [0.2, 0.25) is 0 Å². The summed E-state index contributed by atoms with van der Waals surface area (Å²) >= 11 is 0. The summed E-state index contributed by atoms with van der Waals surface area (Å²) < 4.78 is 60.1. The van der Waals surface area contributed by atoms with Gasteiger partial charge in [-0.1, -0.05) is 25.8 Å².